The fraction of sp³-hybridized carbons (Fsp3) is 0.190. The third kappa shape index (κ3) is 6.11. The molecule has 0 aromatic heterocycles. The van der Waals surface area contributed by atoms with Gasteiger partial charge in [0.25, 0.3) is 5.91 Å². The van der Waals surface area contributed by atoms with Crippen molar-refractivity contribution in [2.45, 2.75) is 6.92 Å². The summed E-state index contributed by atoms with van der Waals surface area (Å²) in [5, 5.41) is 12.6. The number of benzene rings is 2. The number of ether oxygens (including phenoxy) is 3. The highest BCUT2D eigenvalue weighted by Gasteiger charge is 2.15. The number of aryl methyl sites for hydroxylation is 1. The summed E-state index contributed by atoms with van der Waals surface area (Å²) >= 11 is 8.08. The van der Waals surface area contributed by atoms with Gasteiger partial charge >= 0.3 is 5.97 Å². The third-order valence-electron chi connectivity index (χ3n) is 3.92. The largest absolute Gasteiger partial charge is 0.493 e. The molecule has 0 radical (unpaired) electrons. The van der Waals surface area contributed by atoms with Crippen LogP contribution in [0.25, 0.3) is 6.08 Å². The Kier molecular flexibility index (Phi) is 8.50. The summed E-state index contributed by atoms with van der Waals surface area (Å²) in [5.74, 6) is -0.396. The third-order valence-corrected chi connectivity index (χ3v) is 5.13. The monoisotopic (exact) mass is 540 g/mol. The molecule has 0 aliphatic rings. The molecule has 0 saturated carbocycles. The van der Waals surface area contributed by atoms with Crippen LogP contribution in [0.1, 0.15) is 11.1 Å². The molecule has 156 valence electrons. The number of esters is 1. The van der Waals surface area contributed by atoms with Crippen LogP contribution in [0.5, 0.6) is 11.5 Å². The van der Waals surface area contributed by atoms with E-state index in [0.717, 1.165) is 5.56 Å². The van der Waals surface area contributed by atoms with E-state index in [1.54, 1.807) is 30.3 Å². The van der Waals surface area contributed by atoms with Crippen LogP contribution >= 0.6 is 34.2 Å². The van der Waals surface area contributed by atoms with E-state index >= 15 is 0 Å². The Balaban J connectivity index is 2.28. The highest BCUT2D eigenvalue weighted by atomic mass is 127. The standard InChI is InChI=1S/C21H18ClIN2O5/c1-12-4-5-15(9-16(12)22)25-21(27)14(10-24)6-13-7-17(23)20(18(8-13)28-2)30-11-19(26)29-3/h4-9H,11H2,1-3H3,(H,25,27)/b14-6-. The second-order valence-electron chi connectivity index (χ2n) is 5.99. The van der Waals surface area contributed by atoms with Crippen molar-refractivity contribution >= 4 is 57.8 Å². The molecule has 0 saturated heterocycles. The average molecular weight is 541 g/mol. The van der Waals surface area contributed by atoms with Crippen molar-refractivity contribution in [1.82, 2.24) is 0 Å². The zero-order chi connectivity index (χ0) is 22.3. The van der Waals surface area contributed by atoms with Gasteiger partial charge in [-0.05, 0) is 71.0 Å². The van der Waals surface area contributed by atoms with Gasteiger partial charge in [0, 0.05) is 10.7 Å². The van der Waals surface area contributed by atoms with Crippen molar-refractivity contribution in [3.63, 3.8) is 0 Å². The summed E-state index contributed by atoms with van der Waals surface area (Å²) < 4.78 is 16.0. The predicted molar refractivity (Wildman–Crippen MR) is 122 cm³/mol. The van der Waals surface area contributed by atoms with Crippen molar-refractivity contribution in [3.8, 4) is 17.6 Å². The first-order valence-corrected chi connectivity index (χ1v) is 10.0. The van der Waals surface area contributed by atoms with Crippen molar-refractivity contribution in [1.29, 1.82) is 5.26 Å². The van der Waals surface area contributed by atoms with Crippen LogP contribution in [0.4, 0.5) is 5.69 Å². The van der Waals surface area contributed by atoms with Crippen molar-refractivity contribution < 1.29 is 23.8 Å². The minimum atomic E-state index is -0.572. The molecular weight excluding hydrogens is 523 g/mol. The van der Waals surface area contributed by atoms with Crippen molar-refractivity contribution in [2.24, 2.45) is 0 Å². The van der Waals surface area contributed by atoms with Crippen molar-refractivity contribution in [3.05, 3.63) is 55.6 Å². The maximum atomic E-state index is 12.5. The maximum Gasteiger partial charge on any atom is 0.343 e. The van der Waals surface area contributed by atoms with Crippen LogP contribution in [-0.2, 0) is 14.3 Å². The van der Waals surface area contributed by atoms with Gasteiger partial charge in [-0.15, -0.1) is 0 Å². The summed E-state index contributed by atoms with van der Waals surface area (Å²) in [6, 6.07) is 10.3. The molecule has 1 N–H and O–H groups in total. The van der Waals surface area contributed by atoms with Gasteiger partial charge in [-0.25, -0.2) is 4.79 Å². The average Bonchev–Trinajstić information content (AvgIpc) is 2.72. The Morgan fingerprint density at radius 3 is 2.60 bits per heavy atom. The van der Waals surface area contributed by atoms with E-state index in [-0.39, 0.29) is 12.2 Å². The molecule has 9 heteroatoms. The second kappa shape index (κ2) is 10.8. The first-order chi connectivity index (χ1) is 14.3. The number of halogens is 2. The number of carbonyl (C=O) groups is 2. The molecule has 2 rings (SSSR count). The Bertz CT molecular complexity index is 1050. The first-order valence-electron chi connectivity index (χ1n) is 8.55. The molecule has 30 heavy (non-hydrogen) atoms. The summed E-state index contributed by atoms with van der Waals surface area (Å²) in [4.78, 5) is 23.8. The fourth-order valence-corrected chi connectivity index (χ4v) is 3.30. The molecular formula is C21H18ClIN2O5. The molecule has 0 atom stereocenters. The smallest absolute Gasteiger partial charge is 0.343 e. The van der Waals surface area contributed by atoms with Crippen LogP contribution in [0.3, 0.4) is 0 Å². The van der Waals surface area contributed by atoms with Crippen LogP contribution in [-0.4, -0.2) is 32.7 Å². The van der Waals surface area contributed by atoms with E-state index in [2.05, 4.69) is 10.1 Å². The lowest BCUT2D eigenvalue weighted by Crippen LogP contribution is -2.14. The molecule has 7 nitrogen and oxygen atoms in total. The molecule has 2 aromatic rings. The highest BCUT2D eigenvalue weighted by molar-refractivity contribution is 14.1. The molecule has 0 aliphatic carbocycles. The zero-order valence-electron chi connectivity index (χ0n) is 16.4. The topological polar surface area (TPSA) is 97.7 Å². The lowest BCUT2D eigenvalue weighted by atomic mass is 10.1. The van der Waals surface area contributed by atoms with Gasteiger partial charge in [0.1, 0.15) is 11.6 Å². The van der Waals surface area contributed by atoms with Gasteiger partial charge in [0.15, 0.2) is 18.1 Å². The normalized spacial score (nSPS) is 10.7. The quantitative estimate of drug-likeness (QED) is 0.243. The molecule has 1 amide bonds. The summed E-state index contributed by atoms with van der Waals surface area (Å²) in [7, 11) is 2.71. The van der Waals surface area contributed by atoms with E-state index in [1.165, 1.54) is 20.3 Å². The minimum Gasteiger partial charge on any atom is -0.493 e. The van der Waals surface area contributed by atoms with Gasteiger partial charge in [0.2, 0.25) is 0 Å². The molecule has 0 aliphatic heterocycles. The molecule has 0 unspecified atom stereocenters. The van der Waals surface area contributed by atoms with E-state index in [1.807, 2.05) is 35.6 Å². The van der Waals surface area contributed by atoms with Crippen LogP contribution in [0.15, 0.2) is 35.9 Å². The molecule has 0 heterocycles. The zero-order valence-corrected chi connectivity index (χ0v) is 19.3. The van der Waals surface area contributed by atoms with Gasteiger partial charge in [-0.1, -0.05) is 17.7 Å². The summed E-state index contributed by atoms with van der Waals surface area (Å²) in [5.41, 5.74) is 1.81. The molecule has 0 spiro atoms. The number of methoxy groups -OCH3 is 2. The molecule has 0 fully saturated rings. The molecule has 2 aromatic carbocycles. The summed E-state index contributed by atoms with van der Waals surface area (Å²) in [6.07, 6.45) is 1.43. The number of hydrogen-bond donors (Lipinski definition) is 1. The lowest BCUT2D eigenvalue weighted by Gasteiger charge is -2.13. The molecule has 0 bridgehead atoms. The number of anilines is 1. The predicted octanol–water partition coefficient (Wildman–Crippen LogP) is 4.36. The van der Waals surface area contributed by atoms with Crippen molar-refractivity contribution in [2.75, 3.05) is 26.1 Å². The van der Waals surface area contributed by atoms with Crippen LogP contribution in [0, 0.1) is 21.8 Å². The SMILES string of the molecule is COC(=O)COc1c(I)cc(/C=C(/C#N)C(=O)Nc2ccc(C)c(Cl)c2)cc1OC. The number of hydrogen-bond acceptors (Lipinski definition) is 6. The number of amides is 1. The van der Waals surface area contributed by atoms with Gasteiger partial charge in [-0.2, -0.15) is 5.26 Å². The lowest BCUT2D eigenvalue weighted by molar-refractivity contribution is -0.142. The van der Waals surface area contributed by atoms with E-state index < -0.39 is 11.9 Å². The Labute approximate surface area is 192 Å². The number of rotatable bonds is 7. The maximum absolute atomic E-state index is 12.5. The number of nitrogens with zero attached hydrogens (tertiary/aromatic N) is 1. The Morgan fingerprint density at radius 1 is 1.27 bits per heavy atom. The van der Waals surface area contributed by atoms with Crippen LogP contribution < -0.4 is 14.8 Å². The van der Waals surface area contributed by atoms with Gasteiger partial charge in [-0.3, -0.25) is 4.79 Å². The highest BCUT2D eigenvalue weighted by Crippen LogP contribution is 2.34. The Hall–Kier alpha value is -2.77. The summed E-state index contributed by atoms with van der Waals surface area (Å²) in [6.45, 7) is 1.57. The van der Waals surface area contributed by atoms with Gasteiger partial charge in [0.05, 0.1) is 17.8 Å². The van der Waals surface area contributed by atoms with E-state index in [9.17, 15) is 14.9 Å². The first kappa shape index (κ1) is 23.5. The van der Waals surface area contributed by atoms with E-state index in [0.29, 0.717) is 31.3 Å². The number of nitrogens with one attached hydrogen (secondary N) is 1. The number of carbonyl (C=O) groups excluding carboxylic acids is 2. The fourth-order valence-electron chi connectivity index (χ4n) is 2.34. The van der Waals surface area contributed by atoms with Gasteiger partial charge < -0.3 is 19.5 Å². The number of nitriles is 1. The second-order valence-corrected chi connectivity index (χ2v) is 7.56. The Morgan fingerprint density at radius 2 is 2.00 bits per heavy atom. The van der Waals surface area contributed by atoms with Crippen LogP contribution in [0.2, 0.25) is 5.02 Å². The van der Waals surface area contributed by atoms with E-state index in [4.69, 9.17) is 21.1 Å². The minimum absolute atomic E-state index is 0.104.